The van der Waals surface area contributed by atoms with Crippen molar-refractivity contribution in [1.82, 2.24) is 4.90 Å². The zero-order chi connectivity index (χ0) is 18.4. The Morgan fingerprint density at radius 3 is 2.76 bits per heavy atom. The summed E-state index contributed by atoms with van der Waals surface area (Å²) in [7, 11) is 3.08. The van der Waals surface area contributed by atoms with Crippen molar-refractivity contribution in [1.29, 1.82) is 0 Å². The molecule has 25 heavy (non-hydrogen) atoms. The lowest BCUT2D eigenvalue weighted by atomic mass is 10.2. The molecule has 0 aliphatic carbocycles. The maximum absolute atomic E-state index is 12.2. The minimum absolute atomic E-state index is 0.0811. The van der Waals surface area contributed by atoms with E-state index in [0.29, 0.717) is 16.5 Å². The van der Waals surface area contributed by atoms with Gasteiger partial charge in [0.05, 0.1) is 19.3 Å². The number of carbonyl (C=O) groups excluding carboxylic acids is 2. The van der Waals surface area contributed by atoms with Crippen molar-refractivity contribution < 1.29 is 14.3 Å². The Bertz CT molecular complexity index is 801. The van der Waals surface area contributed by atoms with Crippen molar-refractivity contribution >= 4 is 46.5 Å². The number of ether oxygens (including phenoxy) is 1. The maximum Gasteiger partial charge on any atom is 0.246 e. The fraction of sp³-hybridized carbons (Fsp3) is 0.222. The normalized spacial score (nSPS) is 10.7. The van der Waals surface area contributed by atoms with Gasteiger partial charge in [0.15, 0.2) is 0 Å². The van der Waals surface area contributed by atoms with Gasteiger partial charge in [0.25, 0.3) is 0 Å². The predicted molar refractivity (Wildman–Crippen MR) is 102 cm³/mol. The zero-order valence-corrected chi connectivity index (χ0v) is 15.8. The van der Waals surface area contributed by atoms with E-state index in [-0.39, 0.29) is 18.4 Å². The predicted octanol–water partition coefficient (Wildman–Crippen LogP) is 3.83. The topological polar surface area (TPSA) is 58.6 Å². The first kappa shape index (κ1) is 19.0. The van der Waals surface area contributed by atoms with E-state index < -0.39 is 0 Å². The number of carbonyl (C=O) groups is 2. The lowest BCUT2D eigenvalue weighted by molar-refractivity contribution is -0.129. The SMILES string of the molecule is COc1ccc(Cl)cc1NC(=O)CN(C)C(=O)/C=C/c1sccc1C. The van der Waals surface area contributed by atoms with E-state index in [1.54, 1.807) is 42.7 Å². The Morgan fingerprint density at radius 1 is 1.36 bits per heavy atom. The molecule has 0 bridgehead atoms. The van der Waals surface area contributed by atoms with Crippen molar-refractivity contribution in [2.24, 2.45) is 0 Å². The number of benzene rings is 1. The summed E-state index contributed by atoms with van der Waals surface area (Å²) < 4.78 is 5.18. The molecule has 0 atom stereocenters. The fourth-order valence-electron chi connectivity index (χ4n) is 2.09. The number of amides is 2. The molecule has 0 aliphatic heterocycles. The van der Waals surface area contributed by atoms with E-state index in [1.165, 1.54) is 18.1 Å². The van der Waals surface area contributed by atoms with Gasteiger partial charge in [0.2, 0.25) is 11.8 Å². The van der Waals surface area contributed by atoms with E-state index in [2.05, 4.69) is 5.32 Å². The number of likely N-dealkylation sites (N-methyl/N-ethyl adjacent to an activating group) is 1. The van der Waals surface area contributed by atoms with Crippen LogP contribution in [0.2, 0.25) is 5.02 Å². The van der Waals surface area contributed by atoms with Crippen molar-refractivity contribution in [2.75, 3.05) is 26.0 Å². The summed E-state index contributed by atoms with van der Waals surface area (Å²) in [6.07, 6.45) is 3.23. The van der Waals surface area contributed by atoms with E-state index in [0.717, 1.165) is 10.4 Å². The van der Waals surface area contributed by atoms with Crippen molar-refractivity contribution in [3.05, 3.63) is 51.2 Å². The van der Waals surface area contributed by atoms with Crippen LogP contribution in [0.25, 0.3) is 6.08 Å². The molecule has 0 radical (unpaired) electrons. The summed E-state index contributed by atoms with van der Waals surface area (Å²) >= 11 is 7.50. The summed E-state index contributed by atoms with van der Waals surface area (Å²) in [5.74, 6) is -0.0853. The van der Waals surface area contributed by atoms with Crippen LogP contribution in [-0.2, 0) is 9.59 Å². The molecule has 5 nitrogen and oxygen atoms in total. The third kappa shape index (κ3) is 5.34. The van der Waals surface area contributed by atoms with Crippen LogP contribution in [0.5, 0.6) is 5.75 Å². The van der Waals surface area contributed by atoms with E-state index in [4.69, 9.17) is 16.3 Å². The number of nitrogens with zero attached hydrogens (tertiary/aromatic N) is 1. The van der Waals surface area contributed by atoms with Gasteiger partial charge in [-0.15, -0.1) is 11.3 Å². The molecule has 0 unspecified atom stereocenters. The third-order valence-corrected chi connectivity index (χ3v) is 4.69. The van der Waals surface area contributed by atoms with Gasteiger partial charge >= 0.3 is 0 Å². The van der Waals surface area contributed by atoms with Crippen LogP contribution in [0.4, 0.5) is 5.69 Å². The molecule has 0 saturated carbocycles. The smallest absolute Gasteiger partial charge is 0.246 e. The molecule has 0 aliphatic rings. The second-order valence-electron chi connectivity index (χ2n) is 5.39. The highest BCUT2D eigenvalue weighted by Gasteiger charge is 2.13. The minimum atomic E-state index is -0.336. The van der Waals surface area contributed by atoms with Gasteiger partial charge in [-0.25, -0.2) is 0 Å². The average molecular weight is 379 g/mol. The van der Waals surface area contributed by atoms with Gasteiger partial charge in [-0.3, -0.25) is 9.59 Å². The van der Waals surface area contributed by atoms with Gasteiger partial charge in [-0.2, -0.15) is 0 Å². The van der Waals surface area contributed by atoms with Crippen LogP contribution in [0.1, 0.15) is 10.4 Å². The Kier molecular flexibility index (Phi) is 6.61. The number of methoxy groups -OCH3 is 1. The summed E-state index contributed by atoms with van der Waals surface area (Å²) in [6, 6.07) is 6.92. The van der Waals surface area contributed by atoms with Crippen LogP contribution < -0.4 is 10.1 Å². The molecule has 1 aromatic heterocycles. The second-order valence-corrected chi connectivity index (χ2v) is 6.77. The highest BCUT2D eigenvalue weighted by Crippen LogP contribution is 2.27. The number of halogens is 1. The minimum Gasteiger partial charge on any atom is -0.495 e. The Morgan fingerprint density at radius 2 is 2.12 bits per heavy atom. The largest absolute Gasteiger partial charge is 0.495 e. The number of anilines is 1. The number of hydrogen-bond acceptors (Lipinski definition) is 4. The van der Waals surface area contributed by atoms with E-state index in [9.17, 15) is 9.59 Å². The molecule has 1 N–H and O–H groups in total. The highest BCUT2D eigenvalue weighted by molar-refractivity contribution is 7.11. The Balaban J connectivity index is 1.96. The molecule has 132 valence electrons. The van der Waals surface area contributed by atoms with Crippen LogP contribution in [0.15, 0.2) is 35.7 Å². The van der Waals surface area contributed by atoms with Crippen molar-refractivity contribution in [3.8, 4) is 5.75 Å². The quantitative estimate of drug-likeness (QED) is 0.777. The van der Waals surface area contributed by atoms with Crippen molar-refractivity contribution in [2.45, 2.75) is 6.92 Å². The molecule has 0 fully saturated rings. The molecule has 0 spiro atoms. The standard InChI is InChI=1S/C18H19ClN2O3S/c1-12-8-9-25-16(12)6-7-18(23)21(2)11-17(22)20-14-10-13(19)4-5-15(14)24-3/h4-10H,11H2,1-3H3,(H,20,22)/b7-6+. The molecule has 0 saturated heterocycles. The molecule has 2 amide bonds. The number of thiophene rings is 1. The summed E-state index contributed by atoms with van der Waals surface area (Å²) in [5, 5.41) is 5.15. The number of aryl methyl sites for hydroxylation is 1. The summed E-state index contributed by atoms with van der Waals surface area (Å²) in [6.45, 7) is 1.90. The number of nitrogens with one attached hydrogen (secondary N) is 1. The molecule has 1 aromatic carbocycles. The second kappa shape index (κ2) is 8.69. The Hall–Kier alpha value is -2.31. The van der Waals surface area contributed by atoms with Crippen LogP contribution in [0.3, 0.4) is 0 Å². The molecule has 2 aromatic rings. The van der Waals surface area contributed by atoms with Crippen LogP contribution in [-0.4, -0.2) is 37.4 Å². The molecule has 1 heterocycles. The van der Waals surface area contributed by atoms with E-state index >= 15 is 0 Å². The van der Waals surface area contributed by atoms with Crippen LogP contribution in [0, 0.1) is 6.92 Å². The molecular weight excluding hydrogens is 360 g/mol. The lowest BCUT2D eigenvalue weighted by Crippen LogP contribution is -2.33. The van der Waals surface area contributed by atoms with Crippen molar-refractivity contribution in [3.63, 3.8) is 0 Å². The first-order valence-electron chi connectivity index (χ1n) is 7.51. The fourth-order valence-corrected chi connectivity index (χ4v) is 3.08. The number of rotatable bonds is 6. The molecule has 7 heteroatoms. The summed E-state index contributed by atoms with van der Waals surface area (Å²) in [4.78, 5) is 26.7. The third-order valence-electron chi connectivity index (χ3n) is 3.47. The lowest BCUT2D eigenvalue weighted by Gasteiger charge is -2.16. The maximum atomic E-state index is 12.2. The van der Waals surface area contributed by atoms with E-state index in [1.807, 2.05) is 18.4 Å². The van der Waals surface area contributed by atoms with Crippen LogP contribution >= 0.6 is 22.9 Å². The molecule has 2 rings (SSSR count). The van der Waals surface area contributed by atoms with Gasteiger partial charge in [-0.05, 0) is 48.2 Å². The first-order chi connectivity index (χ1) is 11.9. The zero-order valence-electron chi connectivity index (χ0n) is 14.2. The Labute approximate surface area is 155 Å². The van der Waals surface area contributed by atoms with Gasteiger partial charge in [-0.1, -0.05) is 11.6 Å². The van der Waals surface area contributed by atoms with Gasteiger partial charge in [0, 0.05) is 23.0 Å². The average Bonchev–Trinajstić information content (AvgIpc) is 2.97. The summed E-state index contributed by atoms with van der Waals surface area (Å²) in [5.41, 5.74) is 1.58. The molecular formula is C18H19ClN2O3S. The highest BCUT2D eigenvalue weighted by atomic mass is 35.5. The van der Waals surface area contributed by atoms with Gasteiger partial charge in [0.1, 0.15) is 5.75 Å². The first-order valence-corrected chi connectivity index (χ1v) is 8.77. The number of hydrogen-bond donors (Lipinski definition) is 1. The monoisotopic (exact) mass is 378 g/mol. The van der Waals surface area contributed by atoms with Gasteiger partial charge < -0.3 is 15.0 Å².